The molecule has 0 heterocycles. The maximum Gasteiger partial charge on any atom is 0.0496 e. The average Bonchev–Trinajstić information content (AvgIpc) is 1.95. The molecule has 0 radical (unpaired) electrons. The molecular formula is C10H18O. The molecule has 2 unspecified atom stereocenters. The highest BCUT2D eigenvalue weighted by atomic mass is 16.3. The fraction of sp³-hybridized carbons (Fsp3) is 0.800. The Morgan fingerprint density at radius 3 is 2.64 bits per heavy atom. The zero-order valence-corrected chi connectivity index (χ0v) is 7.67. The van der Waals surface area contributed by atoms with E-state index in [0.717, 1.165) is 6.42 Å². The molecule has 0 amide bonds. The quantitative estimate of drug-likeness (QED) is 0.574. The van der Waals surface area contributed by atoms with Crippen LogP contribution in [0.15, 0.2) is 12.2 Å². The van der Waals surface area contributed by atoms with Crippen LogP contribution in [0.3, 0.4) is 0 Å². The van der Waals surface area contributed by atoms with Crippen molar-refractivity contribution in [1.29, 1.82) is 0 Å². The lowest BCUT2D eigenvalue weighted by atomic mass is 9.68. The third-order valence-corrected chi connectivity index (χ3v) is 3.11. The van der Waals surface area contributed by atoms with E-state index in [0.29, 0.717) is 23.9 Å². The fourth-order valence-electron chi connectivity index (χ4n) is 1.70. The van der Waals surface area contributed by atoms with Gasteiger partial charge in [0.05, 0.1) is 0 Å². The summed E-state index contributed by atoms with van der Waals surface area (Å²) in [6.45, 7) is 7.05. The zero-order chi connectivity index (χ0) is 8.48. The van der Waals surface area contributed by atoms with Gasteiger partial charge in [-0.1, -0.05) is 32.9 Å². The monoisotopic (exact) mass is 154 g/mol. The Labute approximate surface area is 69.1 Å². The maximum absolute atomic E-state index is 9.04. The molecule has 1 heteroatoms. The summed E-state index contributed by atoms with van der Waals surface area (Å²) < 4.78 is 0. The Hall–Kier alpha value is -0.300. The molecule has 0 aliphatic heterocycles. The van der Waals surface area contributed by atoms with Gasteiger partial charge in [-0.3, -0.25) is 0 Å². The lowest BCUT2D eigenvalue weighted by Crippen LogP contribution is -2.31. The van der Waals surface area contributed by atoms with Crippen LogP contribution in [0.5, 0.6) is 0 Å². The van der Waals surface area contributed by atoms with Crippen molar-refractivity contribution in [3.63, 3.8) is 0 Å². The average molecular weight is 154 g/mol. The van der Waals surface area contributed by atoms with Crippen LogP contribution in [-0.4, -0.2) is 11.7 Å². The third kappa shape index (κ3) is 1.64. The van der Waals surface area contributed by atoms with Crippen molar-refractivity contribution in [2.45, 2.75) is 27.2 Å². The predicted molar refractivity (Wildman–Crippen MR) is 47.3 cm³/mol. The molecule has 0 saturated carbocycles. The number of aliphatic hydroxyl groups is 1. The van der Waals surface area contributed by atoms with Crippen molar-refractivity contribution in [2.24, 2.45) is 17.3 Å². The summed E-state index contributed by atoms with van der Waals surface area (Å²) in [5.74, 6) is 0.969. The molecule has 0 aromatic rings. The van der Waals surface area contributed by atoms with E-state index in [9.17, 15) is 0 Å². The van der Waals surface area contributed by atoms with Gasteiger partial charge in [0.25, 0.3) is 0 Å². The van der Waals surface area contributed by atoms with Gasteiger partial charge in [0.15, 0.2) is 0 Å². The zero-order valence-electron chi connectivity index (χ0n) is 7.67. The molecule has 0 aromatic carbocycles. The van der Waals surface area contributed by atoms with Crippen molar-refractivity contribution < 1.29 is 5.11 Å². The standard InChI is InChI=1S/C10H18O/c1-8-9(7-11)5-4-6-10(8,2)3/h4-5,8-9,11H,6-7H2,1-3H3. The van der Waals surface area contributed by atoms with Gasteiger partial charge in [0.2, 0.25) is 0 Å². The lowest BCUT2D eigenvalue weighted by Gasteiger charge is -2.38. The Bertz CT molecular complexity index is 158. The number of aliphatic hydroxyl groups excluding tert-OH is 1. The van der Waals surface area contributed by atoms with Gasteiger partial charge in [0.1, 0.15) is 0 Å². The van der Waals surface area contributed by atoms with Gasteiger partial charge in [-0.2, -0.15) is 0 Å². The van der Waals surface area contributed by atoms with Crippen LogP contribution in [-0.2, 0) is 0 Å². The molecule has 64 valence electrons. The van der Waals surface area contributed by atoms with Crippen molar-refractivity contribution in [1.82, 2.24) is 0 Å². The molecule has 0 saturated heterocycles. The van der Waals surface area contributed by atoms with Gasteiger partial charge in [-0.25, -0.2) is 0 Å². The topological polar surface area (TPSA) is 20.2 Å². The van der Waals surface area contributed by atoms with E-state index in [-0.39, 0.29) is 0 Å². The molecular weight excluding hydrogens is 136 g/mol. The summed E-state index contributed by atoms with van der Waals surface area (Å²) in [7, 11) is 0. The van der Waals surface area contributed by atoms with Crippen molar-refractivity contribution in [2.75, 3.05) is 6.61 Å². The maximum atomic E-state index is 9.04. The molecule has 1 rings (SSSR count). The highest BCUT2D eigenvalue weighted by molar-refractivity contribution is 5.02. The van der Waals surface area contributed by atoms with Crippen LogP contribution in [0.2, 0.25) is 0 Å². The van der Waals surface area contributed by atoms with E-state index in [1.807, 2.05) is 0 Å². The van der Waals surface area contributed by atoms with Gasteiger partial charge in [-0.15, -0.1) is 0 Å². The minimum absolute atomic E-state index is 0.293. The Kier molecular flexibility index (Phi) is 2.38. The highest BCUT2D eigenvalue weighted by Crippen LogP contribution is 2.39. The van der Waals surface area contributed by atoms with Crippen molar-refractivity contribution in [3.8, 4) is 0 Å². The highest BCUT2D eigenvalue weighted by Gasteiger charge is 2.32. The molecule has 1 N–H and O–H groups in total. The summed E-state index contributed by atoms with van der Waals surface area (Å²) >= 11 is 0. The number of hydrogen-bond donors (Lipinski definition) is 1. The second kappa shape index (κ2) is 2.98. The molecule has 1 nitrogen and oxygen atoms in total. The minimum Gasteiger partial charge on any atom is -0.396 e. The van der Waals surface area contributed by atoms with E-state index in [1.54, 1.807) is 0 Å². The van der Waals surface area contributed by atoms with E-state index in [1.165, 1.54) is 0 Å². The van der Waals surface area contributed by atoms with Gasteiger partial charge in [0, 0.05) is 12.5 Å². The first-order valence-corrected chi connectivity index (χ1v) is 4.35. The summed E-state index contributed by atoms with van der Waals surface area (Å²) in [6.07, 6.45) is 5.49. The van der Waals surface area contributed by atoms with Gasteiger partial charge < -0.3 is 5.11 Å². The second-order valence-electron chi connectivity index (χ2n) is 4.26. The SMILES string of the molecule is CC1C(CO)C=CCC1(C)C. The first kappa shape index (κ1) is 8.79. The largest absolute Gasteiger partial charge is 0.396 e. The summed E-state index contributed by atoms with van der Waals surface area (Å²) in [5.41, 5.74) is 0.363. The van der Waals surface area contributed by atoms with Crippen LogP contribution in [0.4, 0.5) is 0 Å². The smallest absolute Gasteiger partial charge is 0.0496 e. The lowest BCUT2D eigenvalue weighted by molar-refractivity contribution is 0.118. The van der Waals surface area contributed by atoms with Gasteiger partial charge in [-0.05, 0) is 17.8 Å². The van der Waals surface area contributed by atoms with Crippen LogP contribution < -0.4 is 0 Å². The molecule has 1 aliphatic rings. The molecule has 11 heavy (non-hydrogen) atoms. The molecule has 1 aliphatic carbocycles. The molecule has 2 atom stereocenters. The van der Waals surface area contributed by atoms with E-state index >= 15 is 0 Å². The third-order valence-electron chi connectivity index (χ3n) is 3.11. The minimum atomic E-state index is 0.293. The van der Waals surface area contributed by atoms with E-state index < -0.39 is 0 Å². The van der Waals surface area contributed by atoms with E-state index in [2.05, 4.69) is 32.9 Å². The number of rotatable bonds is 1. The fourth-order valence-corrected chi connectivity index (χ4v) is 1.70. The number of hydrogen-bond acceptors (Lipinski definition) is 1. The summed E-state index contributed by atoms with van der Waals surface area (Å²) in [5, 5.41) is 9.04. The second-order valence-corrected chi connectivity index (χ2v) is 4.26. The normalized spacial score (nSPS) is 35.6. The first-order valence-electron chi connectivity index (χ1n) is 4.35. The van der Waals surface area contributed by atoms with E-state index in [4.69, 9.17) is 5.11 Å². The van der Waals surface area contributed by atoms with Crippen LogP contribution >= 0.6 is 0 Å². The molecule has 0 aromatic heterocycles. The molecule has 0 bridgehead atoms. The number of allylic oxidation sites excluding steroid dienone is 1. The van der Waals surface area contributed by atoms with Crippen LogP contribution in [0.25, 0.3) is 0 Å². The van der Waals surface area contributed by atoms with Crippen LogP contribution in [0, 0.1) is 17.3 Å². The Morgan fingerprint density at radius 1 is 1.55 bits per heavy atom. The first-order chi connectivity index (χ1) is 5.08. The summed E-state index contributed by atoms with van der Waals surface area (Å²) in [4.78, 5) is 0. The van der Waals surface area contributed by atoms with Gasteiger partial charge >= 0.3 is 0 Å². The Morgan fingerprint density at radius 2 is 2.18 bits per heavy atom. The predicted octanol–water partition coefficient (Wildman–Crippen LogP) is 2.22. The van der Waals surface area contributed by atoms with Crippen LogP contribution in [0.1, 0.15) is 27.2 Å². The van der Waals surface area contributed by atoms with Crippen molar-refractivity contribution >= 4 is 0 Å². The molecule has 0 spiro atoms. The summed E-state index contributed by atoms with van der Waals surface area (Å²) in [6, 6.07) is 0. The molecule has 0 fully saturated rings. The van der Waals surface area contributed by atoms with Crippen molar-refractivity contribution in [3.05, 3.63) is 12.2 Å². The Balaban J connectivity index is 2.73.